The van der Waals surface area contributed by atoms with Gasteiger partial charge < -0.3 is 9.42 Å². The van der Waals surface area contributed by atoms with Crippen LogP contribution >= 0.6 is 0 Å². The number of benzene rings is 2. The third kappa shape index (κ3) is 3.66. The van der Waals surface area contributed by atoms with Crippen LogP contribution in [0.15, 0.2) is 70.4 Å². The summed E-state index contributed by atoms with van der Waals surface area (Å²) in [7, 11) is 0. The molecule has 2 aliphatic heterocycles. The number of carbonyl (C=O) groups is 2. The first-order valence-electron chi connectivity index (χ1n) is 12.6. The SMILES string of the molecule is CC1=C2C(=O)N(Cc3cc(C)on3)CN(C3c4ccccc4CCc4ccccc43)N2CC(C)C1=O. The molecule has 184 valence electrons. The Morgan fingerprint density at radius 1 is 0.972 bits per heavy atom. The van der Waals surface area contributed by atoms with Gasteiger partial charge in [-0.25, -0.2) is 0 Å². The maximum atomic E-state index is 13.8. The molecule has 3 heterocycles. The molecule has 1 aliphatic carbocycles. The summed E-state index contributed by atoms with van der Waals surface area (Å²) < 4.78 is 5.27. The van der Waals surface area contributed by atoms with Crippen LogP contribution in [0.1, 0.15) is 53.6 Å². The smallest absolute Gasteiger partial charge is 0.273 e. The van der Waals surface area contributed by atoms with Gasteiger partial charge in [0.2, 0.25) is 0 Å². The van der Waals surface area contributed by atoms with E-state index in [0.717, 1.165) is 12.8 Å². The first kappa shape index (κ1) is 22.7. The quantitative estimate of drug-likeness (QED) is 0.558. The van der Waals surface area contributed by atoms with E-state index in [1.165, 1.54) is 22.3 Å². The summed E-state index contributed by atoms with van der Waals surface area (Å²) in [5, 5.41) is 8.51. The standard InChI is InChI=1S/C29H30N4O3/c1-18-15-32-26(20(3)28(18)34)29(35)31(16-23-14-19(2)36-30-23)17-33(32)27-24-10-6-4-8-21(24)12-13-22-9-5-7-11-25(22)27/h4-11,14,18,27H,12-13,15-17H2,1-3H3. The van der Waals surface area contributed by atoms with Gasteiger partial charge >= 0.3 is 0 Å². The highest BCUT2D eigenvalue weighted by Crippen LogP contribution is 2.42. The topological polar surface area (TPSA) is 69.9 Å². The van der Waals surface area contributed by atoms with Crippen molar-refractivity contribution in [3.8, 4) is 0 Å². The highest BCUT2D eigenvalue weighted by atomic mass is 16.5. The van der Waals surface area contributed by atoms with Crippen LogP contribution in [0.3, 0.4) is 0 Å². The van der Waals surface area contributed by atoms with Crippen molar-refractivity contribution in [2.75, 3.05) is 13.2 Å². The molecule has 1 unspecified atom stereocenters. The summed E-state index contributed by atoms with van der Waals surface area (Å²) in [6.07, 6.45) is 1.93. The number of allylic oxidation sites excluding steroid dienone is 1. The van der Waals surface area contributed by atoms with Crippen LogP contribution in [-0.2, 0) is 29.0 Å². The van der Waals surface area contributed by atoms with Gasteiger partial charge in [0.1, 0.15) is 17.2 Å². The molecule has 3 aliphatic rings. The van der Waals surface area contributed by atoms with Crippen molar-refractivity contribution in [3.05, 3.63) is 99.6 Å². The molecule has 1 aromatic heterocycles. The van der Waals surface area contributed by atoms with Crippen LogP contribution in [0, 0.1) is 12.8 Å². The van der Waals surface area contributed by atoms with Gasteiger partial charge in [-0.05, 0) is 48.9 Å². The van der Waals surface area contributed by atoms with E-state index in [0.29, 0.717) is 42.5 Å². The van der Waals surface area contributed by atoms with Gasteiger partial charge in [-0.15, -0.1) is 0 Å². The van der Waals surface area contributed by atoms with Gasteiger partial charge in [-0.1, -0.05) is 60.6 Å². The Morgan fingerprint density at radius 3 is 2.22 bits per heavy atom. The minimum atomic E-state index is -0.190. The molecule has 6 rings (SSSR count). The predicted molar refractivity (Wildman–Crippen MR) is 134 cm³/mol. The van der Waals surface area contributed by atoms with E-state index in [1.807, 2.05) is 19.9 Å². The van der Waals surface area contributed by atoms with E-state index in [-0.39, 0.29) is 23.7 Å². The Hall–Kier alpha value is -3.71. The molecule has 3 aromatic rings. The molecule has 1 saturated heterocycles. The number of carbonyl (C=O) groups excluding carboxylic acids is 2. The molecular weight excluding hydrogens is 452 g/mol. The van der Waals surface area contributed by atoms with Crippen molar-refractivity contribution in [1.29, 1.82) is 0 Å². The molecular formula is C29H30N4O3. The van der Waals surface area contributed by atoms with Crippen LogP contribution in [0.4, 0.5) is 0 Å². The summed E-state index contributed by atoms with van der Waals surface area (Å²) in [4.78, 5) is 28.6. The molecule has 1 amide bonds. The molecule has 36 heavy (non-hydrogen) atoms. The molecule has 0 spiro atoms. The van der Waals surface area contributed by atoms with Gasteiger partial charge in [0.25, 0.3) is 5.91 Å². The minimum Gasteiger partial charge on any atom is -0.361 e. The van der Waals surface area contributed by atoms with E-state index in [2.05, 4.69) is 63.7 Å². The number of hydrogen-bond acceptors (Lipinski definition) is 6. The van der Waals surface area contributed by atoms with E-state index in [9.17, 15) is 9.59 Å². The number of hydrogen-bond donors (Lipinski definition) is 0. The number of aromatic nitrogens is 1. The van der Waals surface area contributed by atoms with Crippen LogP contribution in [-0.4, -0.2) is 45.0 Å². The lowest BCUT2D eigenvalue weighted by molar-refractivity contribution is -0.161. The van der Waals surface area contributed by atoms with Crippen LogP contribution in [0.5, 0.6) is 0 Å². The summed E-state index contributed by atoms with van der Waals surface area (Å²) in [5.41, 5.74) is 6.83. The number of fused-ring (bicyclic) bond motifs is 3. The zero-order chi connectivity index (χ0) is 25.0. The highest BCUT2D eigenvalue weighted by molar-refractivity contribution is 6.07. The van der Waals surface area contributed by atoms with Crippen molar-refractivity contribution in [2.45, 2.75) is 46.2 Å². The molecule has 0 radical (unpaired) electrons. The second-order valence-electron chi connectivity index (χ2n) is 10.1. The first-order valence-corrected chi connectivity index (χ1v) is 12.6. The lowest BCUT2D eigenvalue weighted by Gasteiger charge is -2.51. The van der Waals surface area contributed by atoms with Crippen LogP contribution < -0.4 is 0 Å². The van der Waals surface area contributed by atoms with E-state index >= 15 is 0 Å². The highest BCUT2D eigenvalue weighted by Gasteiger charge is 2.45. The van der Waals surface area contributed by atoms with Gasteiger partial charge in [0.15, 0.2) is 5.78 Å². The van der Waals surface area contributed by atoms with Gasteiger partial charge in [-0.2, -0.15) is 5.01 Å². The predicted octanol–water partition coefficient (Wildman–Crippen LogP) is 4.18. The fourth-order valence-electron chi connectivity index (χ4n) is 5.93. The molecule has 7 nitrogen and oxygen atoms in total. The Balaban J connectivity index is 1.52. The molecule has 2 aromatic carbocycles. The zero-order valence-corrected chi connectivity index (χ0v) is 20.9. The third-order valence-corrected chi connectivity index (χ3v) is 7.68. The molecule has 0 saturated carbocycles. The van der Waals surface area contributed by atoms with Crippen molar-refractivity contribution in [3.63, 3.8) is 0 Å². The van der Waals surface area contributed by atoms with E-state index in [1.54, 1.807) is 11.8 Å². The monoisotopic (exact) mass is 482 g/mol. The number of hydrazine groups is 1. The summed E-state index contributed by atoms with van der Waals surface area (Å²) in [6.45, 7) is 6.76. The van der Waals surface area contributed by atoms with Gasteiger partial charge in [0, 0.05) is 24.1 Å². The normalized spacial score (nSPS) is 20.8. The summed E-state index contributed by atoms with van der Waals surface area (Å²) in [5.74, 6) is 0.414. The number of aryl methyl sites for hydroxylation is 3. The Bertz CT molecular complexity index is 1340. The number of ketones is 1. The number of amides is 1. The second-order valence-corrected chi connectivity index (χ2v) is 10.1. The Kier molecular flexibility index (Phi) is 5.52. The second kappa shape index (κ2) is 8.75. The van der Waals surface area contributed by atoms with Crippen LogP contribution in [0.25, 0.3) is 0 Å². The fraction of sp³-hybridized carbons (Fsp3) is 0.345. The lowest BCUT2D eigenvalue weighted by Crippen LogP contribution is -2.61. The van der Waals surface area contributed by atoms with Crippen LogP contribution in [0.2, 0.25) is 0 Å². The fourth-order valence-corrected chi connectivity index (χ4v) is 5.93. The van der Waals surface area contributed by atoms with Crippen molar-refractivity contribution >= 4 is 11.7 Å². The average Bonchev–Trinajstić information content (AvgIpc) is 3.21. The summed E-state index contributed by atoms with van der Waals surface area (Å²) in [6, 6.07) is 19.0. The van der Waals surface area contributed by atoms with Gasteiger partial charge in [-0.3, -0.25) is 14.6 Å². The molecule has 0 N–H and O–H groups in total. The number of nitrogens with zero attached hydrogens (tertiary/aromatic N) is 4. The lowest BCUT2D eigenvalue weighted by atomic mass is 9.91. The first-order chi connectivity index (χ1) is 17.4. The van der Waals surface area contributed by atoms with Crippen molar-refractivity contribution in [2.24, 2.45) is 5.92 Å². The van der Waals surface area contributed by atoms with E-state index in [4.69, 9.17) is 4.52 Å². The number of Topliss-reactive ketones (excluding diaryl/α,β-unsaturated/α-hetero) is 1. The third-order valence-electron chi connectivity index (χ3n) is 7.68. The average molecular weight is 483 g/mol. The van der Waals surface area contributed by atoms with Crippen molar-refractivity contribution in [1.82, 2.24) is 20.1 Å². The maximum Gasteiger partial charge on any atom is 0.273 e. The zero-order valence-electron chi connectivity index (χ0n) is 20.9. The Morgan fingerprint density at radius 2 is 1.61 bits per heavy atom. The maximum absolute atomic E-state index is 13.8. The molecule has 1 atom stereocenters. The van der Waals surface area contributed by atoms with Crippen molar-refractivity contribution < 1.29 is 14.1 Å². The summed E-state index contributed by atoms with van der Waals surface area (Å²) >= 11 is 0. The molecule has 0 bridgehead atoms. The minimum absolute atomic E-state index is 0.0374. The van der Waals surface area contributed by atoms with Gasteiger partial charge in [0.05, 0.1) is 19.3 Å². The number of rotatable bonds is 3. The largest absolute Gasteiger partial charge is 0.361 e. The molecule has 7 heteroatoms. The van der Waals surface area contributed by atoms with E-state index < -0.39 is 0 Å². The molecule has 1 fully saturated rings. The Labute approximate surface area is 210 Å².